The molecule has 6 heteroatoms. The van der Waals surface area contributed by atoms with E-state index < -0.39 is 0 Å². The highest BCUT2D eigenvalue weighted by Crippen LogP contribution is 2.35. The molecule has 130 valence electrons. The molecule has 0 aliphatic carbocycles. The SMILES string of the molecule is O=C1CC2CNCCN2c2cc(OCCc3ccccn3)ccc2N1. The van der Waals surface area contributed by atoms with Gasteiger partial charge in [-0.2, -0.15) is 0 Å². The van der Waals surface area contributed by atoms with Crippen molar-refractivity contribution in [2.45, 2.75) is 18.9 Å². The fraction of sp³-hybridized carbons (Fsp3) is 0.368. The third-order valence-corrected chi connectivity index (χ3v) is 4.68. The highest BCUT2D eigenvalue weighted by atomic mass is 16.5. The Balaban J connectivity index is 1.50. The standard InChI is InChI=1S/C19H22N4O2/c24-19-11-15-13-20-8-9-23(15)18-12-16(4-5-17(18)22-19)25-10-6-14-3-1-2-7-21-14/h1-5,7,12,15,20H,6,8-11,13H2,(H,22,24). The third kappa shape index (κ3) is 3.58. The molecule has 1 atom stereocenters. The summed E-state index contributed by atoms with van der Waals surface area (Å²) in [4.78, 5) is 18.7. The number of nitrogens with zero attached hydrogens (tertiary/aromatic N) is 2. The van der Waals surface area contributed by atoms with Crippen LogP contribution in [0.5, 0.6) is 5.75 Å². The molecule has 0 bridgehead atoms. The number of carbonyl (C=O) groups is 1. The van der Waals surface area contributed by atoms with E-state index in [1.807, 2.05) is 36.4 Å². The molecule has 1 amide bonds. The number of benzene rings is 1. The van der Waals surface area contributed by atoms with Crippen molar-refractivity contribution in [3.8, 4) is 5.75 Å². The zero-order valence-electron chi connectivity index (χ0n) is 14.1. The second-order valence-electron chi connectivity index (χ2n) is 6.40. The highest BCUT2D eigenvalue weighted by molar-refractivity contribution is 5.97. The van der Waals surface area contributed by atoms with Crippen LogP contribution in [-0.4, -0.2) is 43.2 Å². The van der Waals surface area contributed by atoms with Crippen LogP contribution in [0.2, 0.25) is 0 Å². The summed E-state index contributed by atoms with van der Waals surface area (Å²) < 4.78 is 5.93. The molecule has 2 N–H and O–H groups in total. The van der Waals surface area contributed by atoms with E-state index in [1.54, 1.807) is 6.20 Å². The number of hydrogen-bond acceptors (Lipinski definition) is 5. The van der Waals surface area contributed by atoms with Crippen LogP contribution in [-0.2, 0) is 11.2 Å². The van der Waals surface area contributed by atoms with E-state index in [0.717, 1.165) is 48.9 Å². The van der Waals surface area contributed by atoms with Crippen LogP contribution in [0.15, 0.2) is 42.6 Å². The molecule has 1 aromatic carbocycles. The smallest absolute Gasteiger partial charge is 0.226 e. The van der Waals surface area contributed by atoms with Crippen molar-refractivity contribution in [3.05, 3.63) is 48.3 Å². The molecule has 0 radical (unpaired) electrons. The topological polar surface area (TPSA) is 66.5 Å². The van der Waals surface area contributed by atoms with Gasteiger partial charge in [0, 0.05) is 50.4 Å². The van der Waals surface area contributed by atoms with Gasteiger partial charge in [0.05, 0.1) is 24.0 Å². The Morgan fingerprint density at radius 1 is 1.28 bits per heavy atom. The minimum Gasteiger partial charge on any atom is -0.493 e. The summed E-state index contributed by atoms with van der Waals surface area (Å²) in [5.74, 6) is 0.893. The summed E-state index contributed by atoms with van der Waals surface area (Å²) in [5, 5.41) is 6.38. The van der Waals surface area contributed by atoms with Crippen LogP contribution in [0.4, 0.5) is 11.4 Å². The molecule has 1 fully saturated rings. The Labute approximate surface area is 147 Å². The zero-order valence-corrected chi connectivity index (χ0v) is 14.1. The average Bonchev–Trinajstić information content (AvgIpc) is 2.78. The molecular weight excluding hydrogens is 316 g/mol. The second kappa shape index (κ2) is 7.11. The van der Waals surface area contributed by atoms with E-state index in [1.165, 1.54) is 0 Å². The molecule has 25 heavy (non-hydrogen) atoms. The number of fused-ring (bicyclic) bond motifs is 3. The molecule has 0 saturated carbocycles. The van der Waals surface area contributed by atoms with E-state index in [9.17, 15) is 4.79 Å². The van der Waals surface area contributed by atoms with Crippen molar-refractivity contribution in [2.24, 2.45) is 0 Å². The van der Waals surface area contributed by atoms with Gasteiger partial charge in [-0.3, -0.25) is 9.78 Å². The molecule has 1 aromatic heterocycles. The number of piperazine rings is 1. The summed E-state index contributed by atoms with van der Waals surface area (Å²) >= 11 is 0. The summed E-state index contributed by atoms with van der Waals surface area (Å²) in [6, 6.07) is 12.0. The molecule has 2 aromatic rings. The first-order valence-electron chi connectivity index (χ1n) is 8.73. The maximum atomic E-state index is 12.1. The largest absolute Gasteiger partial charge is 0.493 e. The van der Waals surface area contributed by atoms with Crippen molar-refractivity contribution in [3.63, 3.8) is 0 Å². The van der Waals surface area contributed by atoms with Crippen LogP contribution in [0.1, 0.15) is 12.1 Å². The minimum atomic E-state index is 0.0706. The maximum absolute atomic E-state index is 12.1. The molecule has 6 nitrogen and oxygen atoms in total. The van der Waals surface area contributed by atoms with Gasteiger partial charge in [0.15, 0.2) is 0 Å². The van der Waals surface area contributed by atoms with Crippen LogP contribution >= 0.6 is 0 Å². The van der Waals surface area contributed by atoms with Gasteiger partial charge in [-0.25, -0.2) is 0 Å². The number of carbonyl (C=O) groups excluding carboxylic acids is 1. The van der Waals surface area contributed by atoms with Crippen molar-refractivity contribution in [2.75, 3.05) is 36.5 Å². The monoisotopic (exact) mass is 338 g/mol. The van der Waals surface area contributed by atoms with Gasteiger partial charge < -0.3 is 20.3 Å². The molecule has 2 aliphatic heterocycles. The van der Waals surface area contributed by atoms with Crippen molar-refractivity contribution in [1.82, 2.24) is 10.3 Å². The summed E-state index contributed by atoms with van der Waals surface area (Å²) in [6.07, 6.45) is 3.08. The van der Waals surface area contributed by atoms with E-state index in [4.69, 9.17) is 4.74 Å². The first-order valence-corrected chi connectivity index (χ1v) is 8.73. The molecule has 3 heterocycles. The van der Waals surface area contributed by atoms with Gasteiger partial charge in [0.1, 0.15) is 5.75 Å². The van der Waals surface area contributed by atoms with Gasteiger partial charge in [-0.15, -0.1) is 0 Å². The minimum absolute atomic E-state index is 0.0706. The van der Waals surface area contributed by atoms with E-state index >= 15 is 0 Å². The Hall–Kier alpha value is -2.60. The van der Waals surface area contributed by atoms with Gasteiger partial charge in [0.2, 0.25) is 5.91 Å². The molecule has 1 saturated heterocycles. The second-order valence-corrected chi connectivity index (χ2v) is 6.40. The Bertz CT molecular complexity index is 750. The van der Waals surface area contributed by atoms with Gasteiger partial charge in [0.25, 0.3) is 0 Å². The number of ether oxygens (including phenoxy) is 1. The van der Waals surface area contributed by atoms with Crippen molar-refractivity contribution in [1.29, 1.82) is 0 Å². The molecular formula is C19H22N4O2. The number of anilines is 2. The van der Waals surface area contributed by atoms with Crippen LogP contribution in [0.3, 0.4) is 0 Å². The van der Waals surface area contributed by atoms with Crippen molar-refractivity contribution < 1.29 is 9.53 Å². The molecule has 2 aliphatic rings. The molecule has 1 unspecified atom stereocenters. The fourth-order valence-corrected chi connectivity index (χ4v) is 3.44. The predicted molar refractivity (Wildman–Crippen MR) is 97.1 cm³/mol. The molecule has 4 rings (SSSR count). The lowest BCUT2D eigenvalue weighted by Gasteiger charge is -2.36. The number of amides is 1. The number of nitrogens with one attached hydrogen (secondary N) is 2. The first-order chi connectivity index (χ1) is 12.3. The third-order valence-electron chi connectivity index (χ3n) is 4.68. The lowest BCUT2D eigenvalue weighted by Crippen LogP contribution is -2.51. The fourth-order valence-electron chi connectivity index (χ4n) is 3.44. The Kier molecular flexibility index (Phi) is 4.52. The van der Waals surface area contributed by atoms with E-state index in [2.05, 4.69) is 20.5 Å². The van der Waals surface area contributed by atoms with Gasteiger partial charge >= 0.3 is 0 Å². The Morgan fingerprint density at radius 3 is 3.12 bits per heavy atom. The van der Waals surface area contributed by atoms with Gasteiger partial charge in [-0.05, 0) is 24.3 Å². The number of rotatable bonds is 4. The number of hydrogen-bond donors (Lipinski definition) is 2. The Morgan fingerprint density at radius 2 is 2.24 bits per heavy atom. The average molecular weight is 338 g/mol. The van der Waals surface area contributed by atoms with E-state index in [0.29, 0.717) is 13.0 Å². The molecule has 0 spiro atoms. The predicted octanol–water partition coefficient (Wildman–Crippen LogP) is 1.82. The number of pyridine rings is 1. The summed E-state index contributed by atoms with van der Waals surface area (Å²) in [7, 11) is 0. The zero-order chi connectivity index (χ0) is 17.1. The quantitative estimate of drug-likeness (QED) is 0.890. The highest BCUT2D eigenvalue weighted by Gasteiger charge is 2.30. The normalized spacial score (nSPS) is 19.4. The van der Waals surface area contributed by atoms with Gasteiger partial charge in [-0.1, -0.05) is 6.07 Å². The summed E-state index contributed by atoms with van der Waals surface area (Å²) in [6.45, 7) is 3.23. The van der Waals surface area contributed by atoms with E-state index in [-0.39, 0.29) is 11.9 Å². The van der Waals surface area contributed by atoms with Crippen LogP contribution in [0.25, 0.3) is 0 Å². The number of aromatic nitrogens is 1. The maximum Gasteiger partial charge on any atom is 0.226 e. The lowest BCUT2D eigenvalue weighted by molar-refractivity contribution is -0.116. The lowest BCUT2D eigenvalue weighted by atomic mass is 10.1. The first kappa shape index (κ1) is 15.9. The van der Waals surface area contributed by atoms with Crippen LogP contribution in [0, 0.1) is 0 Å². The van der Waals surface area contributed by atoms with Crippen molar-refractivity contribution >= 4 is 17.3 Å². The summed E-state index contributed by atoms with van der Waals surface area (Å²) in [5.41, 5.74) is 2.94. The van der Waals surface area contributed by atoms with Crippen LogP contribution < -0.4 is 20.3 Å².